The van der Waals surface area contributed by atoms with Gasteiger partial charge in [0.15, 0.2) is 0 Å². The highest BCUT2D eigenvalue weighted by atomic mass is 32.2. The predicted molar refractivity (Wildman–Crippen MR) is 116 cm³/mol. The first-order valence-corrected chi connectivity index (χ1v) is 11.1. The van der Waals surface area contributed by atoms with Crippen molar-refractivity contribution in [1.29, 1.82) is 0 Å². The normalized spacial score (nSPS) is 16.9. The van der Waals surface area contributed by atoms with Crippen LogP contribution < -0.4 is 0 Å². The van der Waals surface area contributed by atoms with Gasteiger partial charge in [0.1, 0.15) is 0 Å². The molecule has 0 N–H and O–H groups in total. The van der Waals surface area contributed by atoms with E-state index in [4.69, 9.17) is 0 Å². The van der Waals surface area contributed by atoms with Gasteiger partial charge in [-0.2, -0.15) is 0 Å². The van der Waals surface area contributed by atoms with Crippen molar-refractivity contribution in [3.05, 3.63) is 92.2 Å². The summed E-state index contributed by atoms with van der Waals surface area (Å²) in [5, 5.41) is 12.6. The number of amides is 1. The average Bonchev–Trinajstić information content (AvgIpc) is 3.22. The number of hydrogen-bond acceptors (Lipinski definition) is 5. The summed E-state index contributed by atoms with van der Waals surface area (Å²) in [6, 6.07) is 18.6. The number of nitro benzene ring substituents is 1. The number of thiophene rings is 1. The van der Waals surface area contributed by atoms with Gasteiger partial charge >= 0.3 is 0 Å². The molecule has 2 aromatic carbocycles. The van der Waals surface area contributed by atoms with Crippen LogP contribution in [0.25, 0.3) is 0 Å². The molecule has 1 aliphatic heterocycles. The van der Waals surface area contributed by atoms with E-state index < -0.39 is 4.92 Å². The number of benzene rings is 2. The van der Waals surface area contributed by atoms with Gasteiger partial charge < -0.3 is 4.90 Å². The van der Waals surface area contributed by atoms with Crippen molar-refractivity contribution in [2.24, 2.45) is 0 Å². The van der Waals surface area contributed by atoms with Gasteiger partial charge in [0.2, 0.25) is 5.91 Å². The maximum atomic E-state index is 13.4. The quantitative estimate of drug-likeness (QED) is 0.316. The highest BCUT2D eigenvalue weighted by Crippen LogP contribution is 2.39. The van der Waals surface area contributed by atoms with Crippen LogP contribution >= 0.6 is 23.1 Å². The van der Waals surface area contributed by atoms with E-state index in [1.54, 1.807) is 23.5 Å². The smallest absolute Gasteiger partial charge is 0.269 e. The third-order valence-electron chi connectivity index (χ3n) is 5.07. The third kappa shape index (κ3) is 4.06. The van der Waals surface area contributed by atoms with E-state index in [2.05, 4.69) is 23.6 Å². The van der Waals surface area contributed by atoms with Crippen LogP contribution in [0.3, 0.4) is 0 Å². The molecule has 29 heavy (non-hydrogen) atoms. The first kappa shape index (κ1) is 19.7. The maximum Gasteiger partial charge on any atom is 0.269 e. The van der Waals surface area contributed by atoms with Gasteiger partial charge in [-0.05, 0) is 48.1 Å². The van der Waals surface area contributed by atoms with E-state index in [0.29, 0.717) is 6.54 Å². The van der Waals surface area contributed by atoms with Crippen molar-refractivity contribution in [1.82, 2.24) is 4.90 Å². The molecule has 1 aromatic heterocycles. The molecule has 0 fully saturated rings. The van der Waals surface area contributed by atoms with Crippen molar-refractivity contribution >= 4 is 34.7 Å². The molecule has 7 heteroatoms. The Kier molecular flexibility index (Phi) is 5.69. The Morgan fingerprint density at radius 1 is 1.17 bits per heavy atom. The highest BCUT2D eigenvalue weighted by Gasteiger charge is 2.34. The molecule has 2 unspecified atom stereocenters. The first-order chi connectivity index (χ1) is 14.0. The second kappa shape index (κ2) is 8.39. The molecule has 2 heterocycles. The second-order valence-corrected chi connectivity index (χ2v) is 9.32. The third-order valence-corrected chi connectivity index (χ3v) is 7.17. The lowest BCUT2D eigenvalue weighted by Gasteiger charge is -2.37. The van der Waals surface area contributed by atoms with E-state index in [1.807, 2.05) is 30.0 Å². The van der Waals surface area contributed by atoms with Crippen LogP contribution in [0.1, 0.15) is 29.0 Å². The zero-order valence-electron chi connectivity index (χ0n) is 15.9. The van der Waals surface area contributed by atoms with Crippen LogP contribution in [0.2, 0.25) is 0 Å². The van der Waals surface area contributed by atoms with Crippen LogP contribution in [0, 0.1) is 10.1 Å². The largest absolute Gasteiger partial charge is 0.330 e. The molecule has 1 aliphatic rings. The molecular formula is C22H20N2O3S2. The monoisotopic (exact) mass is 424 g/mol. The Bertz CT molecular complexity index is 1020. The molecule has 0 aliphatic carbocycles. The summed E-state index contributed by atoms with van der Waals surface area (Å²) in [7, 11) is 0. The Balaban J connectivity index is 1.57. The fraction of sp³-hybridized carbons (Fsp3) is 0.227. The Hall–Kier alpha value is -2.64. The Morgan fingerprint density at radius 2 is 1.90 bits per heavy atom. The van der Waals surface area contributed by atoms with E-state index in [1.165, 1.54) is 34.3 Å². The zero-order chi connectivity index (χ0) is 20.4. The van der Waals surface area contributed by atoms with E-state index in [0.717, 1.165) is 16.9 Å². The van der Waals surface area contributed by atoms with Gasteiger partial charge in [0, 0.05) is 28.5 Å². The standard InChI is InChI=1S/C22H20N2O3S2/c1-15(29-18-9-7-17(8-10-18)24(26)27)22(25)23-13-11-20-19(12-14-28-20)21(23)16-5-3-2-4-6-16/h2-10,12,14-15,21H,11,13H2,1H3. The van der Waals surface area contributed by atoms with Crippen molar-refractivity contribution in [3.63, 3.8) is 0 Å². The molecule has 2 atom stereocenters. The Morgan fingerprint density at radius 3 is 2.59 bits per heavy atom. The Labute approximate surface area is 177 Å². The van der Waals surface area contributed by atoms with E-state index in [9.17, 15) is 14.9 Å². The van der Waals surface area contributed by atoms with Crippen molar-refractivity contribution in [2.75, 3.05) is 6.54 Å². The van der Waals surface area contributed by atoms with Gasteiger partial charge in [0.25, 0.3) is 5.69 Å². The van der Waals surface area contributed by atoms with Gasteiger partial charge in [-0.3, -0.25) is 14.9 Å². The number of nitrogens with zero attached hydrogens (tertiary/aromatic N) is 2. The fourth-order valence-electron chi connectivity index (χ4n) is 3.68. The molecule has 3 aromatic rings. The summed E-state index contributed by atoms with van der Waals surface area (Å²) in [6.07, 6.45) is 0.872. The van der Waals surface area contributed by atoms with Gasteiger partial charge in [-0.25, -0.2) is 0 Å². The summed E-state index contributed by atoms with van der Waals surface area (Å²) in [5.74, 6) is 0.0825. The lowest BCUT2D eigenvalue weighted by atomic mass is 9.93. The minimum Gasteiger partial charge on any atom is -0.330 e. The summed E-state index contributed by atoms with van der Waals surface area (Å²) < 4.78 is 0. The number of non-ortho nitro benzene ring substituents is 1. The SMILES string of the molecule is CC(Sc1ccc([N+](=O)[O-])cc1)C(=O)N1CCc2sccc2C1c1ccccc1. The molecular weight excluding hydrogens is 404 g/mol. The number of carbonyl (C=O) groups excluding carboxylic acids is 1. The minimum absolute atomic E-state index is 0.0542. The second-order valence-electron chi connectivity index (χ2n) is 6.91. The van der Waals surface area contributed by atoms with Crippen molar-refractivity contribution < 1.29 is 9.72 Å². The molecule has 0 saturated carbocycles. The van der Waals surface area contributed by atoms with Crippen LogP contribution in [0.4, 0.5) is 5.69 Å². The zero-order valence-corrected chi connectivity index (χ0v) is 17.5. The number of carbonyl (C=O) groups is 1. The molecule has 148 valence electrons. The van der Waals surface area contributed by atoms with Gasteiger partial charge in [-0.15, -0.1) is 23.1 Å². The van der Waals surface area contributed by atoms with Gasteiger partial charge in [-0.1, -0.05) is 30.3 Å². The molecule has 4 rings (SSSR count). The van der Waals surface area contributed by atoms with Crippen molar-refractivity contribution in [2.45, 2.75) is 29.5 Å². The number of nitro groups is 1. The highest BCUT2D eigenvalue weighted by molar-refractivity contribution is 8.00. The van der Waals surface area contributed by atoms with Crippen LogP contribution in [0.5, 0.6) is 0 Å². The molecule has 1 amide bonds. The lowest BCUT2D eigenvalue weighted by Crippen LogP contribution is -2.43. The van der Waals surface area contributed by atoms with Crippen molar-refractivity contribution in [3.8, 4) is 0 Å². The minimum atomic E-state index is -0.417. The summed E-state index contributed by atoms with van der Waals surface area (Å²) in [5.41, 5.74) is 2.39. The van der Waals surface area contributed by atoms with Crippen LogP contribution in [-0.4, -0.2) is 27.5 Å². The number of hydrogen-bond donors (Lipinski definition) is 0. The number of thioether (sulfide) groups is 1. The predicted octanol–water partition coefficient (Wildman–Crippen LogP) is 5.31. The van der Waals surface area contributed by atoms with Crippen LogP contribution in [-0.2, 0) is 11.2 Å². The first-order valence-electron chi connectivity index (χ1n) is 9.37. The van der Waals surface area contributed by atoms with Crippen LogP contribution in [0.15, 0.2) is 70.9 Å². The lowest BCUT2D eigenvalue weighted by molar-refractivity contribution is -0.384. The average molecular weight is 425 g/mol. The maximum absolute atomic E-state index is 13.4. The number of rotatable bonds is 5. The summed E-state index contributed by atoms with van der Waals surface area (Å²) in [4.78, 5) is 28.0. The molecule has 5 nitrogen and oxygen atoms in total. The topological polar surface area (TPSA) is 63.5 Å². The fourth-order valence-corrected chi connectivity index (χ4v) is 5.52. The molecule has 0 saturated heterocycles. The summed E-state index contributed by atoms with van der Waals surface area (Å²) >= 11 is 3.19. The van der Waals surface area contributed by atoms with E-state index in [-0.39, 0.29) is 22.9 Å². The summed E-state index contributed by atoms with van der Waals surface area (Å²) in [6.45, 7) is 2.59. The molecule has 0 bridgehead atoms. The number of fused-ring (bicyclic) bond motifs is 1. The van der Waals surface area contributed by atoms with E-state index >= 15 is 0 Å². The molecule has 0 spiro atoms. The van der Waals surface area contributed by atoms with Gasteiger partial charge in [0.05, 0.1) is 16.2 Å². The molecule has 0 radical (unpaired) electrons.